The van der Waals surface area contributed by atoms with Crippen LogP contribution in [0, 0.1) is 6.92 Å². The Balaban J connectivity index is 2.21. The quantitative estimate of drug-likeness (QED) is 0.650. The summed E-state index contributed by atoms with van der Waals surface area (Å²) >= 11 is 1.59. The molecule has 0 amide bonds. The van der Waals surface area contributed by atoms with E-state index in [0.717, 1.165) is 15.5 Å². The highest BCUT2D eigenvalue weighted by Crippen LogP contribution is 2.18. The molecule has 0 aliphatic heterocycles. The predicted molar refractivity (Wildman–Crippen MR) is 89.2 cm³/mol. The summed E-state index contributed by atoms with van der Waals surface area (Å²) in [5.74, 6) is 0.603. The molecule has 1 heterocycles. The van der Waals surface area contributed by atoms with E-state index in [1.807, 2.05) is 26.0 Å². The first kappa shape index (κ1) is 16.5. The van der Waals surface area contributed by atoms with Crippen molar-refractivity contribution in [3.8, 4) is 5.75 Å². The van der Waals surface area contributed by atoms with Crippen LogP contribution < -0.4 is 9.57 Å². The highest BCUT2D eigenvalue weighted by atomic mass is 32.2. The van der Waals surface area contributed by atoms with Crippen molar-refractivity contribution in [2.24, 2.45) is 5.10 Å². The van der Waals surface area contributed by atoms with E-state index in [1.54, 1.807) is 23.5 Å². The fraction of sp³-hybridized carbons (Fsp3) is 0.267. The molecule has 0 unspecified atom stereocenters. The molecule has 0 bridgehead atoms. The zero-order valence-electron chi connectivity index (χ0n) is 12.7. The second-order valence-corrected chi connectivity index (χ2v) is 7.54. The third kappa shape index (κ3) is 3.86. The van der Waals surface area contributed by atoms with E-state index in [9.17, 15) is 8.42 Å². The van der Waals surface area contributed by atoms with E-state index in [2.05, 4.69) is 9.93 Å². The number of nitrogens with one attached hydrogen (secondary N) is 1. The first-order valence-corrected chi connectivity index (χ1v) is 9.05. The van der Waals surface area contributed by atoms with Gasteiger partial charge in [-0.2, -0.15) is 18.4 Å². The number of thiophene rings is 1. The highest BCUT2D eigenvalue weighted by molar-refractivity contribution is 7.89. The molecule has 5 nitrogen and oxygen atoms in total. The standard InChI is InChI=1S/C15H18N2O3S2/c1-4-14(15-10-5-11(2)21-15)16-17-22(18,19)13-8-6-12(20-3)7-9-13/h5-10,17H,4H2,1-3H3/b16-14+. The van der Waals surface area contributed by atoms with Gasteiger partial charge in [-0.25, -0.2) is 0 Å². The summed E-state index contributed by atoms with van der Waals surface area (Å²) in [6.45, 7) is 3.94. The number of sulfonamides is 1. The lowest BCUT2D eigenvalue weighted by molar-refractivity contribution is 0.414. The molecule has 0 atom stereocenters. The number of hydrazone groups is 1. The van der Waals surface area contributed by atoms with Gasteiger partial charge in [-0.1, -0.05) is 6.92 Å². The molecule has 1 N–H and O–H groups in total. The third-order valence-electron chi connectivity index (χ3n) is 3.03. The Kier molecular flexibility index (Phi) is 5.20. The number of ether oxygens (including phenoxy) is 1. The van der Waals surface area contributed by atoms with Crippen molar-refractivity contribution in [3.63, 3.8) is 0 Å². The van der Waals surface area contributed by atoms with Crippen LogP contribution in [0.4, 0.5) is 0 Å². The van der Waals surface area contributed by atoms with Crippen molar-refractivity contribution in [3.05, 3.63) is 46.2 Å². The van der Waals surface area contributed by atoms with Gasteiger partial charge in [0.05, 0.1) is 22.6 Å². The zero-order chi connectivity index (χ0) is 16.2. The number of hydrogen-bond donors (Lipinski definition) is 1. The second-order valence-electron chi connectivity index (χ2n) is 4.59. The van der Waals surface area contributed by atoms with Crippen molar-refractivity contribution in [1.29, 1.82) is 0 Å². The average molecular weight is 338 g/mol. The molecule has 1 aromatic carbocycles. The SMILES string of the molecule is CC/C(=N\NS(=O)(=O)c1ccc(OC)cc1)c1ccc(C)s1. The van der Waals surface area contributed by atoms with Gasteiger partial charge < -0.3 is 4.74 Å². The zero-order valence-corrected chi connectivity index (χ0v) is 14.3. The second kappa shape index (κ2) is 6.93. The monoisotopic (exact) mass is 338 g/mol. The van der Waals surface area contributed by atoms with Crippen molar-refractivity contribution < 1.29 is 13.2 Å². The molecule has 22 heavy (non-hydrogen) atoms. The molecule has 0 aliphatic carbocycles. The first-order chi connectivity index (χ1) is 10.5. The van der Waals surface area contributed by atoms with Crippen molar-refractivity contribution >= 4 is 27.1 Å². The highest BCUT2D eigenvalue weighted by Gasteiger charge is 2.14. The van der Waals surface area contributed by atoms with Gasteiger partial charge in [0.15, 0.2) is 0 Å². The molecule has 7 heteroatoms. The maximum Gasteiger partial charge on any atom is 0.276 e. The largest absolute Gasteiger partial charge is 0.497 e. The summed E-state index contributed by atoms with van der Waals surface area (Å²) in [6, 6.07) is 10.1. The molecule has 0 spiro atoms. The van der Waals surface area contributed by atoms with E-state index in [0.29, 0.717) is 12.2 Å². The van der Waals surface area contributed by atoms with Gasteiger partial charge in [-0.05, 0) is 49.7 Å². The average Bonchev–Trinajstić information content (AvgIpc) is 2.94. The summed E-state index contributed by atoms with van der Waals surface area (Å²) in [5, 5.41) is 4.07. The maximum absolute atomic E-state index is 12.2. The van der Waals surface area contributed by atoms with Crippen LogP contribution in [0.25, 0.3) is 0 Å². The molecule has 2 aromatic rings. The Morgan fingerprint density at radius 3 is 2.41 bits per heavy atom. The van der Waals surface area contributed by atoms with Crippen LogP contribution >= 0.6 is 11.3 Å². The van der Waals surface area contributed by atoms with Gasteiger partial charge in [0.2, 0.25) is 0 Å². The van der Waals surface area contributed by atoms with Crippen LogP contribution in [0.3, 0.4) is 0 Å². The molecule has 0 fully saturated rings. The fourth-order valence-electron chi connectivity index (χ4n) is 1.82. The summed E-state index contributed by atoms with van der Waals surface area (Å²) in [5.41, 5.74) is 0.718. The van der Waals surface area contributed by atoms with Gasteiger partial charge >= 0.3 is 0 Å². The van der Waals surface area contributed by atoms with E-state index >= 15 is 0 Å². The Labute approximate surface area is 134 Å². The molecule has 0 radical (unpaired) electrons. The van der Waals surface area contributed by atoms with Gasteiger partial charge in [-0.15, -0.1) is 11.3 Å². The Bertz CT molecular complexity index is 762. The van der Waals surface area contributed by atoms with Crippen molar-refractivity contribution in [2.75, 3.05) is 7.11 Å². The maximum atomic E-state index is 12.2. The predicted octanol–water partition coefficient (Wildman–Crippen LogP) is 3.16. The van der Waals surface area contributed by atoms with Crippen molar-refractivity contribution in [2.45, 2.75) is 25.2 Å². The topological polar surface area (TPSA) is 67.8 Å². The summed E-state index contributed by atoms with van der Waals surface area (Å²) in [7, 11) is -2.15. The van der Waals surface area contributed by atoms with Gasteiger partial charge in [0, 0.05) is 4.88 Å². The Morgan fingerprint density at radius 1 is 1.23 bits per heavy atom. The molecule has 118 valence electrons. The molecular weight excluding hydrogens is 320 g/mol. The Morgan fingerprint density at radius 2 is 1.91 bits per heavy atom. The van der Waals surface area contributed by atoms with Gasteiger partial charge in [-0.3, -0.25) is 0 Å². The number of rotatable bonds is 6. The summed E-state index contributed by atoms with van der Waals surface area (Å²) in [4.78, 5) is 4.58. The minimum absolute atomic E-state index is 0.148. The molecular formula is C15H18N2O3S2. The lowest BCUT2D eigenvalue weighted by Gasteiger charge is -2.06. The lowest BCUT2D eigenvalue weighted by Crippen LogP contribution is -2.20. The van der Waals surface area contributed by atoms with Crippen LogP contribution in [0.5, 0.6) is 5.75 Å². The van der Waals surface area contributed by atoms with E-state index in [1.165, 1.54) is 19.2 Å². The van der Waals surface area contributed by atoms with Gasteiger partial charge in [0.25, 0.3) is 10.0 Å². The molecule has 0 saturated heterocycles. The van der Waals surface area contributed by atoms with Crippen LogP contribution in [-0.2, 0) is 10.0 Å². The molecule has 2 rings (SSSR count). The molecule has 0 aliphatic rings. The minimum atomic E-state index is -3.68. The smallest absolute Gasteiger partial charge is 0.276 e. The van der Waals surface area contributed by atoms with Crippen molar-refractivity contribution in [1.82, 2.24) is 4.83 Å². The van der Waals surface area contributed by atoms with Crippen LogP contribution in [0.15, 0.2) is 46.4 Å². The van der Waals surface area contributed by atoms with Gasteiger partial charge in [0.1, 0.15) is 5.75 Å². The molecule has 0 saturated carbocycles. The number of benzene rings is 1. The fourth-order valence-corrected chi connectivity index (χ4v) is 3.58. The summed E-state index contributed by atoms with van der Waals surface area (Å²) in [6.07, 6.45) is 0.644. The number of aryl methyl sites for hydroxylation is 1. The number of hydrogen-bond acceptors (Lipinski definition) is 5. The number of methoxy groups -OCH3 is 1. The minimum Gasteiger partial charge on any atom is -0.497 e. The molecule has 1 aromatic heterocycles. The normalized spacial score (nSPS) is 12.2. The van der Waals surface area contributed by atoms with E-state index in [-0.39, 0.29) is 4.90 Å². The van der Waals surface area contributed by atoms with Crippen LogP contribution in [-0.4, -0.2) is 21.2 Å². The first-order valence-electron chi connectivity index (χ1n) is 6.75. The third-order valence-corrected chi connectivity index (χ3v) is 5.30. The lowest BCUT2D eigenvalue weighted by atomic mass is 10.2. The summed E-state index contributed by atoms with van der Waals surface area (Å²) < 4.78 is 29.5. The van der Waals surface area contributed by atoms with Crippen LogP contribution in [0.1, 0.15) is 23.1 Å². The van der Waals surface area contributed by atoms with E-state index in [4.69, 9.17) is 4.74 Å². The Hall–Kier alpha value is -1.86. The number of nitrogens with zero attached hydrogens (tertiary/aromatic N) is 1. The van der Waals surface area contributed by atoms with Crippen LogP contribution in [0.2, 0.25) is 0 Å². The van der Waals surface area contributed by atoms with E-state index < -0.39 is 10.0 Å².